The zero-order valence-electron chi connectivity index (χ0n) is 22.4. The summed E-state index contributed by atoms with van der Waals surface area (Å²) >= 11 is 0. The second-order valence-electron chi connectivity index (χ2n) is 9.71. The van der Waals surface area contributed by atoms with Crippen molar-refractivity contribution in [2.24, 2.45) is 0 Å². The average molecular weight is 538 g/mol. The van der Waals surface area contributed by atoms with Crippen LogP contribution in [0.2, 0.25) is 0 Å². The van der Waals surface area contributed by atoms with Gasteiger partial charge in [-0.25, -0.2) is 19.0 Å². The third kappa shape index (κ3) is 6.46. The number of benzene rings is 2. The summed E-state index contributed by atoms with van der Waals surface area (Å²) < 4.78 is 30.8. The van der Waals surface area contributed by atoms with Gasteiger partial charge in [-0.15, -0.1) is 0 Å². The zero-order valence-corrected chi connectivity index (χ0v) is 22.4. The van der Waals surface area contributed by atoms with Gasteiger partial charge >= 0.3 is 12.1 Å². The Hall–Kier alpha value is -4.18. The van der Waals surface area contributed by atoms with Crippen LogP contribution < -0.4 is 14.4 Å². The second-order valence-corrected chi connectivity index (χ2v) is 9.71. The molecule has 1 fully saturated rings. The molecule has 1 unspecified atom stereocenters. The highest BCUT2D eigenvalue weighted by Crippen LogP contribution is 2.40. The van der Waals surface area contributed by atoms with E-state index in [9.17, 15) is 14.0 Å². The number of ether oxygens (including phenoxy) is 3. The lowest BCUT2D eigenvalue weighted by Crippen LogP contribution is -2.35. The molecule has 206 valence electrons. The number of methoxy groups -OCH3 is 1. The number of anilines is 1. The normalized spacial score (nSPS) is 16.9. The maximum absolute atomic E-state index is 13.5. The Balaban J connectivity index is 1.44. The highest BCUT2D eigenvalue weighted by atomic mass is 19.1. The van der Waals surface area contributed by atoms with Gasteiger partial charge in [0.05, 0.1) is 31.4 Å². The fraction of sp³-hybridized carbons (Fsp3) is 0.345. The number of aromatic nitrogens is 1. The first-order chi connectivity index (χ1) is 18.6. The quantitative estimate of drug-likeness (QED) is 0.355. The van der Waals surface area contributed by atoms with Gasteiger partial charge < -0.3 is 24.2 Å². The Kier molecular flexibility index (Phi) is 8.35. The van der Waals surface area contributed by atoms with E-state index in [0.717, 1.165) is 16.7 Å². The number of cyclic esters (lactones) is 1. The van der Waals surface area contributed by atoms with Crippen molar-refractivity contribution in [1.29, 1.82) is 0 Å². The predicted octanol–water partition coefficient (Wildman–Crippen LogP) is 5.23. The Labute approximate surface area is 226 Å². The molecule has 0 aliphatic carbocycles. The minimum atomic E-state index is -1.08. The molecule has 0 radical (unpaired) electrons. The van der Waals surface area contributed by atoms with Gasteiger partial charge in [-0.05, 0) is 68.4 Å². The molecule has 1 aliphatic rings. The summed E-state index contributed by atoms with van der Waals surface area (Å²) in [4.78, 5) is 31.3. The van der Waals surface area contributed by atoms with Crippen molar-refractivity contribution in [3.05, 3.63) is 71.7 Å². The van der Waals surface area contributed by atoms with Gasteiger partial charge in [0.2, 0.25) is 0 Å². The molecule has 1 saturated heterocycles. The summed E-state index contributed by atoms with van der Waals surface area (Å²) in [6, 6.07) is 13.0. The number of halogens is 1. The van der Waals surface area contributed by atoms with Crippen molar-refractivity contribution in [1.82, 2.24) is 9.88 Å². The fourth-order valence-corrected chi connectivity index (χ4v) is 4.56. The summed E-state index contributed by atoms with van der Waals surface area (Å²) in [5.41, 5.74) is 1.84. The van der Waals surface area contributed by atoms with E-state index in [-0.39, 0.29) is 11.4 Å². The van der Waals surface area contributed by atoms with Crippen LogP contribution in [0.4, 0.5) is 15.0 Å². The molecule has 3 aromatic rings. The Bertz CT molecular complexity index is 1330. The maximum atomic E-state index is 13.5. The van der Waals surface area contributed by atoms with Crippen molar-refractivity contribution >= 4 is 17.9 Å². The van der Waals surface area contributed by atoms with Gasteiger partial charge in [-0.1, -0.05) is 12.1 Å². The molecule has 1 N–H and O–H groups in total. The number of rotatable bonds is 11. The van der Waals surface area contributed by atoms with Crippen molar-refractivity contribution in [2.45, 2.75) is 32.4 Å². The van der Waals surface area contributed by atoms with Gasteiger partial charge in [0.15, 0.2) is 0 Å². The third-order valence-corrected chi connectivity index (χ3v) is 6.57. The third-order valence-electron chi connectivity index (χ3n) is 6.57. The molecular formula is C29H32FN3O6. The predicted molar refractivity (Wildman–Crippen MR) is 144 cm³/mol. The molecule has 2 aromatic carbocycles. The van der Waals surface area contributed by atoms with E-state index >= 15 is 0 Å². The number of hydrogen-bond donors (Lipinski definition) is 1. The smallest absolute Gasteiger partial charge is 0.416 e. The van der Waals surface area contributed by atoms with Crippen LogP contribution >= 0.6 is 0 Å². The highest BCUT2D eigenvalue weighted by Gasteiger charge is 2.42. The molecule has 0 bridgehead atoms. The average Bonchev–Trinajstić information content (AvgIpc) is 3.22. The molecule has 39 heavy (non-hydrogen) atoms. The Morgan fingerprint density at radius 3 is 2.54 bits per heavy atom. The summed E-state index contributed by atoms with van der Waals surface area (Å²) in [6.07, 6.45) is 1.28. The number of hydrogen-bond acceptors (Lipinski definition) is 7. The first kappa shape index (κ1) is 27.8. The first-order valence-corrected chi connectivity index (χ1v) is 12.6. The highest BCUT2D eigenvalue weighted by molar-refractivity contribution is 5.91. The van der Waals surface area contributed by atoms with Gasteiger partial charge in [-0.3, -0.25) is 4.90 Å². The number of amides is 1. The van der Waals surface area contributed by atoms with Crippen molar-refractivity contribution in [2.75, 3.05) is 38.8 Å². The van der Waals surface area contributed by atoms with Crippen molar-refractivity contribution < 1.29 is 33.3 Å². The molecule has 2 heterocycles. The van der Waals surface area contributed by atoms with Crippen LogP contribution in [0.5, 0.6) is 11.5 Å². The molecule has 9 nitrogen and oxygen atoms in total. The maximum Gasteiger partial charge on any atom is 0.416 e. The molecule has 1 aliphatic heterocycles. The van der Waals surface area contributed by atoms with E-state index in [4.69, 9.17) is 19.3 Å². The topological polar surface area (TPSA) is 101 Å². The summed E-state index contributed by atoms with van der Waals surface area (Å²) in [5, 5.41) is 9.07. The van der Waals surface area contributed by atoms with Gasteiger partial charge in [0.25, 0.3) is 0 Å². The van der Waals surface area contributed by atoms with Crippen LogP contribution in [-0.2, 0) is 11.3 Å². The van der Waals surface area contributed by atoms with Crippen LogP contribution in [0.1, 0.15) is 36.2 Å². The molecule has 1 amide bonds. The van der Waals surface area contributed by atoms with Crippen LogP contribution in [0.15, 0.2) is 54.7 Å². The van der Waals surface area contributed by atoms with Crippen LogP contribution in [0.25, 0.3) is 11.1 Å². The van der Waals surface area contributed by atoms with Crippen molar-refractivity contribution in [3.8, 4) is 22.6 Å². The zero-order chi connectivity index (χ0) is 28.2. The summed E-state index contributed by atoms with van der Waals surface area (Å²) in [5.74, 6) is 0.234. The Morgan fingerprint density at radius 2 is 1.92 bits per heavy atom. The van der Waals surface area contributed by atoms with E-state index in [1.165, 1.54) is 35.4 Å². The number of carbonyl (C=O) groups is 2. The molecule has 4 rings (SSSR count). The Morgan fingerprint density at radius 1 is 1.21 bits per heavy atom. The molecule has 0 saturated carbocycles. The molecule has 0 spiro atoms. The largest absolute Gasteiger partial charge is 0.496 e. The SMILES string of the molecule is CCOc1cc(CN(C)CCC2(C)CN(c3ccc(C(=O)O)cn3)C(=O)O2)cc(OC)c1-c1ccc(F)cc1. The molecule has 1 aromatic heterocycles. The summed E-state index contributed by atoms with van der Waals surface area (Å²) in [7, 11) is 3.57. The van der Waals surface area contributed by atoms with E-state index in [1.54, 1.807) is 19.2 Å². The van der Waals surface area contributed by atoms with Gasteiger partial charge in [-0.2, -0.15) is 0 Å². The van der Waals surface area contributed by atoms with Crippen LogP contribution in [-0.4, -0.2) is 66.5 Å². The minimum Gasteiger partial charge on any atom is -0.496 e. The van der Waals surface area contributed by atoms with Crippen molar-refractivity contribution in [3.63, 3.8) is 0 Å². The van der Waals surface area contributed by atoms with E-state index < -0.39 is 17.7 Å². The van der Waals surface area contributed by atoms with E-state index in [2.05, 4.69) is 9.88 Å². The van der Waals surface area contributed by atoms with Gasteiger partial charge in [0, 0.05) is 25.7 Å². The fourth-order valence-electron chi connectivity index (χ4n) is 4.56. The number of aromatic carboxylic acids is 1. The number of carboxylic acids is 1. The lowest BCUT2D eigenvalue weighted by atomic mass is 10.00. The van der Waals surface area contributed by atoms with E-state index in [0.29, 0.717) is 50.0 Å². The van der Waals surface area contributed by atoms with Gasteiger partial charge in [0.1, 0.15) is 28.7 Å². The molecular weight excluding hydrogens is 505 g/mol. The first-order valence-electron chi connectivity index (χ1n) is 12.6. The standard InChI is InChI=1S/C29H32FN3O6/c1-5-38-24-15-19(14-23(37-4)26(24)20-6-9-22(30)10-7-20)17-32(3)13-12-29(2)18-33(28(36)39-29)25-11-8-21(16-31-25)27(34)35/h6-11,14-16H,5,12-13,17-18H2,1-4H3,(H,34,35). The lowest BCUT2D eigenvalue weighted by molar-refractivity contribution is 0.0567. The molecule has 10 heteroatoms. The second kappa shape index (κ2) is 11.7. The van der Waals surface area contributed by atoms with E-state index in [1.807, 2.05) is 33.0 Å². The molecule has 1 atom stereocenters. The monoisotopic (exact) mass is 537 g/mol. The number of carbonyl (C=O) groups excluding carboxylic acids is 1. The number of carboxylic acid groups (broad SMARTS) is 1. The summed E-state index contributed by atoms with van der Waals surface area (Å²) in [6.45, 7) is 5.76. The minimum absolute atomic E-state index is 0.0468. The number of nitrogens with zero attached hydrogens (tertiary/aromatic N) is 3. The van der Waals surface area contributed by atoms with Crippen LogP contribution in [0.3, 0.4) is 0 Å². The number of pyridine rings is 1. The lowest BCUT2D eigenvalue weighted by Gasteiger charge is -2.26. The van der Waals surface area contributed by atoms with Crippen LogP contribution in [0, 0.1) is 5.82 Å².